The topological polar surface area (TPSA) is 103 Å². The van der Waals surface area contributed by atoms with Crippen LogP contribution in [0.15, 0.2) is 157 Å². The Labute approximate surface area is 297 Å². The summed E-state index contributed by atoms with van der Waals surface area (Å²) in [4.78, 5) is 35.5. The van der Waals surface area contributed by atoms with Gasteiger partial charge < -0.3 is 0 Å². The van der Waals surface area contributed by atoms with Crippen LogP contribution in [0.2, 0.25) is 0 Å². The fourth-order valence-electron chi connectivity index (χ4n) is 5.03. The summed E-state index contributed by atoms with van der Waals surface area (Å²) in [5, 5.41) is 1.95. The van der Waals surface area contributed by atoms with Crippen molar-refractivity contribution in [3.8, 4) is 22.8 Å². The molecule has 0 amide bonds. The van der Waals surface area contributed by atoms with Crippen molar-refractivity contribution in [3.63, 3.8) is 0 Å². The number of benzene rings is 2. The third-order valence-corrected chi connectivity index (χ3v) is 7.65. The second-order valence-electron chi connectivity index (χ2n) is 10.2. The van der Waals surface area contributed by atoms with E-state index in [4.69, 9.17) is 9.97 Å². The van der Waals surface area contributed by atoms with Crippen molar-refractivity contribution in [2.75, 3.05) is 0 Å². The van der Waals surface area contributed by atoms with Gasteiger partial charge in [0.05, 0.1) is 55.9 Å². The monoisotopic (exact) mass is 774 g/mol. The standard InChI is InChI=1S/C18H9BrN4.2C10H8N2.Ru/c19-10-5-6-13-14(9-10)23-18-12-4-2-8-21-16(12)15-11(17(18)22-13)3-1-7-20-15;2*1-3-7-11-9(5-1)10-6-2-4-8-12-10;/h1-9H;2*1-8H;. The van der Waals surface area contributed by atoms with Crippen molar-refractivity contribution in [1.29, 1.82) is 0 Å². The first-order chi connectivity index (χ1) is 23.2. The molecule has 0 N–H and O–H groups in total. The van der Waals surface area contributed by atoms with Gasteiger partial charge in [0.15, 0.2) is 0 Å². The SMILES string of the molecule is Brc1ccc2nc3c4cccnc4c4ncccc4c3nc2c1.[Ru].c1ccc(-c2ccccn2)nc1.c1ccc(-c2ccccn2)nc1. The number of fused-ring (bicyclic) bond motifs is 7. The number of pyridine rings is 6. The first-order valence-corrected chi connectivity index (χ1v) is 15.6. The Morgan fingerprint density at radius 2 is 0.750 bits per heavy atom. The van der Waals surface area contributed by atoms with Gasteiger partial charge in [-0.1, -0.05) is 40.2 Å². The van der Waals surface area contributed by atoms with Crippen LogP contribution < -0.4 is 0 Å². The molecule has 9 rings (SSSR count). The predicted octanol–water partition coefficient (Wildman–Crippen LogP) is 8.93. The number of nitrogens with zero attached hydrogens (tertiary/aromatic N) is 8. The van der Waals surface area contributed by atoms with Crippen LogP contribution in [-0.2, 0) is 19.5 Å². The second kappa shape index (κ2) is 15.4. The summed E-state index contributed by atoms with van der Waals surface area (Å²) in [5.41, 5.74) is 8.84. The Morgan fingerprint density at radius 3 is 1.15 bits per heavy atom. The molecule has 0 aliphatic heterocycles. The summed E-state index contributed by atoms with van der Waals surface area (Å²) in [6, 6.07) is 37.0. The average Bonchev–Trinajstić information content (AvgIpc) is 3.16. The number of hydrogen-bond acceptors (Lipinski definition) is 8. The molecule has 0 aliphatic carbocycles. The Morgan fingerprint density at radius 1 is 0.354 bits per heavy atom. The summed E-state index contributed by atoms with van der Waals surface area (Å²) in [6.45, 7) is 0. The van der Waals surface area contributed by atoms with Crippen LogP contribution in [0.4, 0.5) is 0 Å². The smallest absolute Gasteiger partial charge is 0.0996 e. The first-order valence-electron chi connectivity index (χ1n) is 14.8. The van der Waals surface area contributed by atoms with Crippen molar-refractivity contribution in [3.05, 3.63) is 157 Å². The molecule has 10 heteroatoms. The van der Waals surface area contributed by atoms with Crippen LogP contribution in [0, 0.1) is 0 Å². The van der Waals surface area contributed by atoms with Gasteiger partial charge in [-0.05, 0) is 91.0 Å². The first kappa shape index (κ1) is 32.5. The van der Waals surface area contributed by atoms with E-state index < -0.39 is 0 Å². The molecule has 7 aromatic heterocycles. The molecule has 0 atom stereocenters. The van der Waals surface area contributed by atoms with E-state index in [9.17, 15) is 0 Å². The zero-order chi connectivity index (χ0) is 31.8. The molecule has 232 valence electrons. The van der Waals surface area contributed by atoms with Gasteiger partial charge in [0.2, 0.25) is 0 Å². The van der Waals surface area contributed by atoms with Gasteiger partial charge in [0.25, 0.3) is 0 Å². The van der Waals surface area contributed by atoms with Gasteiger partial charge in [0, 0.05) is 71.9 Å². The van der Waals surface area contributed by atoms with E-state index >= 15 is 0 Å². The molecule has 0 aliphatic rings. The number of aromatic nitrogens is 8. The molecule has 2 aromatic carbocycles. The van der Waals surface area contributed by atoms with Gasteiger partial charge in [-0.15, -0.1) is 0 Å². The molecule has 48 heavy (non-hydrogen) atoms. The minimum Gasteiger partial charge on any atom is -0.255 e. The largest absolute Gasteiger partial charge is 0.255 e. The maximum absolute atomic E-state index is 4.86. The van der Waals surface area contributed by atoms with Gasteiger partial charge in [-0.3, -0.25) is 29.9 Å². The third-order valence-electron chi connectivity index (χ3n) is 7.16. The van der Waals surface area contributed by atoms with E-state index in [-0.39, 0.29) is 19.5 Å². The minimum atomic E-state index is 0. The second-order valence-corrected chi connectivity index (χ2v) is 11.1. The summed E-state index contributed by atoms with van der Waals surface area (Å²) in [7, 11) is 0. The van der Waals surface area contributed by atoms with Gasteiger partial charge in [0.1, 0.15) is 0 Å². The Balaban J connectivity index is 0.000000136. The number of rotatable bonds is 2. The molecule has 7 heterocycles. The van der Waals surface area contributed by atoms with Crippen LogP contribution in [0.25, 0.3) is 66.6 Å². The van der Waals surface area contributed by atoms with Crippen LogP contribution in [0.1, 0.15) is 0 Å². The Hall–Kier alpha value is -5.44. The van der Waals surface area contributed by atoms with Crippen molar-refractivity contribution in [2.45, 2.75) is 0 Å². The summed E-state index contributed by atoms with van der Waals surface area (Å²) >= 11 is 3.50. The van der Waals surface area contributed by atoms with Gasteiger partial charge in [-0.25, -0.2) is 9.97 Å². The summed E-state index contributed by atoms with van der Waals surface area (Å²) in [6.07, 6.45) is 10.6. The molecule has 0 saturated carbocycles. The van der Waals surface area contributed by atoms with Gasteiger partial charge in [-0.2, -0.15) is 0 Å². The Bertz CT molecular complexity index is 2270. The van der Waals surface area contributed by atoms with E-state index in [1.165, 1.54) is 0 Å². The fraction of sp³-hybridized carbons (Fsp3) is 0. The fourth-order valence-corrected chi connectivity index (χ4v) is 5.38. The van der Waals surface area contributed by atoms with Crippen molar-refractivity contribution in [2.24, 2.45) is 0 Å². The zero-order valence-corrected chi connectivity index (χ0v) is 28.6. The quantitative estimate of drug-likeness (QED) is 0.0975. The third kappa shape index (κ3) is 7.25. The molecule has 0 bridgehead atoms. The summed E-state index contributed by atoms with van der Waals surface area (Å²) in [5.74, 6) is 0. The normalized spacial score (nSPS) is 10.4. The number of halogens is 1. The summed E-state index contributed by atoms with van der Waals surface area (Å²) < 4.78 is 0.989. The molecule has 9 aromatic rings. The molecule has 0 unspecified atom stereocenters. The molecule has 0 fully saturated rings. The van der Waals surface area contributed by atoms with E-state index in [0.717, 1.165) is 71.1 Å². The molecule has 0 saturated heterocycles. The minimum absolute atomic E-state index is 0. The van der Waals surface area contributed by atoms with E-state index in [1.807, 2.05) is 115 Å². The average molecular weight is 775 g/mol. The van der Waals surface area contributed by atoms with Crippen molar-refractivity contribution < 1.29 is 19.5 Å². The van der Waals surface area contributed by atoms with Crippen LogP contribution in [0.5, 0.6) is 0 Å². The molecule has 8 nitrogen and oxygen atoms in total. The van der Waals surface area contributed by atoms with E-state index in [2.05, 4.69) is 45.8 Å². The van der Waals surface area contributed by atoms with Crippen LogP contribution >= 0.6 is 15.9 Å². The van der Waals surface area contributed by atoms with Gasteiger partial charge >= 0.3 is 0 Å². The van der Waals surface area contributed by atoms with E-state index in [0.29, 0.717) is 0 Å². The molecule has 0 radical (unpaired) electrons. The van der Waals surface area contributed by atoms with Crippen molar-refractivity contribution in [1.82, 2.24) is 39.9 Å². The number of hydrogen-bond donors (Lipinski definition) is 0. The van der Waals surface area contributed by atoms with E-state index in [1.54, 1.807) is 37.2 Å². The zero-order valence-electron chi connectivity index (χ0n) is 25.2. The maximum Gasteiger partial charge on any atom is 0.0996 e. The van der Waals surface area contributed by atoms with Crippen LogP contribution in [-0.4, -0.2) is 39.9 Å². The van der Waals surface area contributed by atoms with Crippen LogP contribution in [0.3, 0.4) is 0 Å². The van der Waals surface area contributed by atoms with Crippen molar-refractivity contribution >= 4 is 59.8 Å². The maximum atomic E-state index is 4.86. The molecular weight excluding hydrogens is 749 g/mol. The Kier molecular flexibility index (Phi) is 10.5. The molecule has 0 spiro atoms. The predicted molar refractivity (Wildman–Crippen MR) is 190 cm³/mol. The molecular formula is C38H25BrN8Ru.